The molecule has 0 atom stereocenters. The van der Waals surface area contributed by atoms with Crippen LogP contribution in [0.15, 0.2) is 0 Å². The van der Waals surface area contributed by atoms with E-state index in [0.29, 0.717) is 0 Å². The van der Waals surface area contributed by atoms with Crippen LogP contribution < -0.4 is 0 Å². The molecule has 0 bridgehead atoms. The first-order valence-electron chi connectivity index (χ1n) is 3.86. The van der Waals surface area contributed by atoms with Crippen LogP contribution in [-0.4, -0.2) is 11.1 Å². The van der Waals surface area contributed by atoms with Gasteiger partial charge in [-0.15, -0.1) is 24.8 Å². The van der Waals surface area contributed by atoms with Crippen LogP contribution in [0.1, 0.15) is 39.5 Å². The standard InChI is InChI=1S/C6H13.C2H4O2.2ClH.Ni/c1-3-5-6-4-2;1-2(3)4;;;/h1,3-6H2,2H3;1H3,(H,3,4);2*1H;. The molecular weight excluding hydrogens is 258 g/mol. The van der Waals surface area contributed by atoms with Gasteiger partial charge in [0.2, 0.25) is 0 Å². The Balaban J connectivity index is -0.0000000600. The molecule has 0 aromatic heterocycles. The summed E-state index contributed by atoms with van der Waals surface area (Å²) in [5, 5.41) is 8.40. The van der Waals surface area contributed by atoms with Crippen molar-refractivity contribution in [2.24, 2.45) is 0 Å². The monoisotopic (exact) mass is 275 g/mol. The van der Waals surface area contributed by atoms with Crippen LogP contribution >= 0.6 is 24.8 Å². The Morgan fingerprint density at radius 3 is 1.85 bits per heavy atom. The Hall–Kier alpha value is 0.544. The van der Waals surface area contributed by atoms with Crippen LogP contribution in [0.4, 0.5) is 0 Å². The minimum atomic E-state index is -0.833. The Bertz CT molecular complexity index is 84.2. The molecule has 13 heavy (non-hydrogen) atoms. The van der Waals surface area contributed by atoms with Gasteiger partial charge in [-0.2, -0.15) is 0 Å². The summed E-state index contributed by atoms with van der Waals surface area (Å²) in [5.41, 5.74) is 0. The number of carbonyl (C=O) groups is 1. The maximum absolute atomic E-state index is 9.00. The van der Waals surface area contributed by atoms with Gasteiger partial charge in [-0.25, -0.2) is 0 Å². The average molecular weight is 277 g/mol. The van der Waals surface area contributed by atoms with E-state index >= 15 is 0 Å². The minimum absolute atomic E-state index is 0. The van der Waals surface area contributed by atoms with Crippen molar-refractivity contribution in [3.63, 3.8) is 0 Å². The quantitative estimate of drug-likeness (QED) is 0.631. The van der Waals surface area contributed by atoms with Crippen LogP contribution in [0.3, 0.4) is 0 Å². The molecule has 5 heteroatoms. The molecule has 1 N–H and O–H groups in total. The number of halogens is 2. The van der Waals surface area contributed by atoms with E-state index in [9.17, 15) is 0 Å². The average Bonchev–Trinajstić information content (AvgIpc) is 1.88. The van der Waals surface area contributed by atoms with Crippen molar-refractivity contribution < 1.29 is 25.4 Å². The molecule has 0 unspecified atom stereocenters. The molecule has 0 rings (SSSR count). The predicted molar refractivity (Wildman–Crippen MR) is 56.8 cm³/mol. The molecule has 87 valence electrons. The second kappa shape index (κ2) is 22.9. The third kappa shape index (κ3) is 67.5. The number of hydrogen-bond donors (Lipinski definition) is 1. The van der Waals surface area contributed by atoms with E-state index in [4.69, 9.17) is 9.90 Å². The number of carboxylic acids is 1. The zero-order chi connectivity index (χ0) is 9.11. The molecule has 0 aliphatic carbocycles. The van der Waals surface area contributed by atoms with Gasteiger partial charge in [0.05, 0.1) is 0 Å². The van der Waals surface area contributed by atoms with Crippen LogP contribution in [0.2, 0.25) is 5.39 Å². The van der Waals surface area contributed by atoms with E-state index in [1.807, 2.05) is 0 Å². The van der Waals surface area contributed by atoms with Gasteiger partial charge in [0, 0.05) is 6.92 Å². The molecule has 0 spiro atoms. The Morgan fingerprint density at radius 2 is 1.62 bits per heavy atom. The zero-order valence-electron chi connectivity index (χ0n) is 8.02. The largest absolute Gasteiger partial charge is 0.147 e. The fourth-order valence-corrected chi connectivity index (χ4v) is 0.753. The van der Waals surface area contributed by atoms with Gasteiger partial charge in [-0.1, -0.05) is 0 Å². The molecule has 0 aromatic rings. The van der Waals surface area contributed by atoms with Crippen molar-refractivity contribution in [1.29, 1.82) is 0 Å². The minimum Gasteiger partial charge on any atom is -0.147 e. The molecule has 0 saturated heterocycles. The first-order valence-corrected chi connectivity index (χ1v) is 4.56. The van der Waals surface area contributed by atoms with E-state index < -0.39 is 5.97 Å². The topological polar surface area (TPSA) is 37.3 Å². The Kier molecular flexibility index (Phi) is 41.2. The van der Waals surface area contributed by atoms with E-state index in [0.717, 1.165) is 12.3 Å². The maximum Gasteiger partial charge on any atom is -0.147 e. The third-order valence-electron chi connectivity index (χ3n) is 0.965. The van der Waals surface area contributed by atoms with Gasteiger partial charge < -0.3 is 5.11 Å². The van der Waals surface area contributed by atoms with E-state index in [-0.39, 0.29) is 24.8 Å². The van der Waals surface area contributed by atoms with Crippen molar-refractivity contribution in [1.82, 2.24) is 0 Å². The van der Waals surface area contributed by atoms with Gasteiger partial charge in [-0.3, -0.25) is 4.79 Å². The van der Waals surface area contributed by atoms with Crippen LogP contribution in [0.25, 0.3) is 0 Å². The van der Waals surface area contributed by atoms with Crippen molar-refractivity contribution in [2.75, 3.05) is 0 Å². The van der Waals surface area contributed by atoms with E-state index in [1.165, 1.54) is 25.7 Å². The number of hydrogen-bond acceptors (Lipinski definition) is 1. The van der Waals surface area contributed by atoms with Crippen LogP contribution in [0.5, 0.6) is 0 Å². The molecule has 0 aliphatic rings. The Labute approximate surface area is 101 Å². The predicted octanol–water partition coefficient (Wildman–Crippen LogP) is 3.47. The molecular formula is C8H19Cl2NiO2. The molecule has 0 aliphatic heterocycles. The second-order valence-corrected chi connectivity index (χ2v) is 2.73. The normalized spacial score (nSPS) is 7.08. The smallest absolute Gasteiger partial charge is 0.147 e. The fraction of sp³-hybridized carbons (Fsp3) is 0.875. The summed E-state index contributed by atoms with van der Waals surface area (Å²) in [6.07, 6.45) is 5.29. The fourth-order valence-electron chi connectivity index (χ4n) is 0.506. The summed E-state index contributed by atoms with van der Waals surface area (Å²) in [7, 11) is 0. The van der Waals surface area contributed by atoms with Gasteiger partial charge >= 0.3 is 53.5 Å². The van der Waals surface area contributed by atoms with Crippen LogP contribution in [-0.2, 0) is 20.3 Å². The summed E-state index contributed by atoms with van der Waals surface area (Å²) < 4.78 is 0. The third-order valence-corrected chi connectivity index (χ3v) is 1.31. The first-order chi connectivity index (χ1) is 5.15. The molecule has 0 heterocycles. The van der Waals surface area contributed by atoms with Crippen LogP contribution in [0, 0.1) is 0 Å². The van der Waals surface area contributed by atoms with E-state index in [2.05, 4.69) is 22.4 Å². The van der Waals surface area contributed by atoms with Crippen molar-refractivity contribution in [3.8, 4) is 0 Å². The summed E-state index contributed by atoms with van der Waals surface area (Å²) >= 11 is 4.51. The van der Waals surface area contributed by atoms with Gasteiger partial charge in [0.15, 0.2) is 0 Å². The number of carboxylic acid groups (broad SMARTS) is 1. The van der Waals surface area contributed by atoms with Gasteiger partial charge in [0.25, 0.3) is 5.97 Å². The summed E-state index contributed by atoms with van der Waals surface area (Å²) in [6, 6.07) is 0. The first kappa shape index (κ1) is 23.4. The SMILES string of the molecule is CC(=O)O.CCCCC[CH2][Ni].Cl.Cl. The molecule has 0 saturated carbocycles. The zero-order valence-corrected chi connectivity index (χ0v) is 10.6. The summed E-state index contributed by atoms with van der Waals surface area (Å²) in [5.74, 6) is -0.833. The molecule has 0 aromatic carbocycles. The maximum atomic E-state index is 9.00. The van der Waals surface area contributed by atoms with Crippen molar-refractivity contribution in [3.05, 3.63) is 0 Å². The number of rotatable bonds is 4. The number of aliphatic carboxylic acids is 1. The summed E-state index contributed by atoms with van der Waals surface area (Å²) in [6.45, 7) is 3.30. The summed E-state index contributed by atoms with van der Waals surface area (Å²) in [4.78, 5) is 9.00. The van der Waals surface area contributed by atoms with Gasteiger partial charge in [0.1, 0.15) is 0 Å². The molecule has 0 amide bonds. The van der Waals surface area contributed by atoms with E-state index in [1.54, 1.807) is 0 Å². The molecule has 0 fully saturated rings. The second-order valence-electron chi connectivity index (χ2n) is 2.24. The molecule has 0 radical (unpaired) electrons. The van der Waals surface area contributed by atoms with Gasteiger partial charge in [-0.05, 0) is 0 Å². The molecule has 2 nitrogen and oxygen atoms in total. The van der Waals surface area contributed by atoms with Crippen molar-refractivity contribution >= 4 is 30.8 Å². The Morgan fingerprint density at radius 1 is 1.23 bits per heavy atom. The number of unbranched alkanes of at least 4 members (excludes halogenated alkanes) is 3. The van der Waals surface area contributed by atoms with Crippen molar-refractivity contribution in [2.45, 2.75) is 44.9 Å².